The highest BCUT2D eigenvalue weighted by Crippen LogP contribution is 2.10. The number of carbonyl (C=O) groups is 1. The first kappa shape index (κ1) is 12.1. The first-order valence-electron chi connectivity index (χ1n) is 6.22. The van der Waals surface area contributed by atoms with E-state index in [2.05, 4.69) is 5.32 Å². The van der Waals surface area contributed by atoms with Gasteiger partial charge in [0.05, 0.1) is 0 Å². The minimum absolute atomic E-state index is 0.113. The molecule has 1 aliphatic heterocycles. The Morgan fingerprint density at radius 1 is 1.53 bits per heavy atom. The van der Waals surface area contributed by atoms with Gasteiger partial charge in [-0.25, -0.2) is 0 Å². The molecule has 1 saturated heterocycles. The summed E-state index contributed by atoms with van der Waals surface area (Å²) in [5.74, 6) is 0.113. The standard InChI is InChI=1S/C14H20N2O/c1-11-5-3-6-12(9-11)14(17)16(2)10-13-7-4-8-15-13/h3,5-6,9,13,15H,4,7-8,10H2,1-2H3. The third-order valence-electron chi connectivity index (χ3n) is 3.27. The summed E-state index contributed by atoms with van der Waals surface area (Å²) in [6.07, 6.45) is 2.39. The molecule has 1 aromatic rings. The molecule has 2 rings (SSSR count). The molecule has 0 aromatic heterocycles. The third kappa shape index (κ3) is 3.07. The van der Waals surface area contributed by atoms with Crippen molar-refractivity contribution in [2.45, 2.75) is 25.8 Å². The van der Waals surface area contributed by atoms with Gasteiger partial charge in [-0.3, -0.25) is 4.79 Å². The molecule has 0 saturated carbocycles. The van der Waals surface area contributed by atoms with Crippen LogP contribution in [0.4, 0.5) is 0 Å². The molecule has 1 aliphatic rings. The van der Waals surface area contributed by atoms with Crippen LogP contribution in [0, 0.1) is 6.92 Å². The quantitative estimate of drug-likeness (QED) is 0.862. The molecule has 17 heavy (non-hydrogen) atoms. The Morgan fingerprint density at radius 3 is 3.00 bits per heavy atom. The van der Waals surface area contributed by atoms with Crippen LogP contribution in [0.5, 0.6) is 0 Å². The highest BCUT2D eigenvalue weighted by atomic mass is 16.2. The summed E-state index contributed by atoms with van der Waals surface area (Å²) in [6.45, 7) is 3.89. The molecule has 1 atom stereocenters. The number of nitrogens with zero attached hydrogens (tertiary/aromatic N) is 1. The van der Waals surface area contributed by atoms with Crippen LogP contribution in [0.1, 0.15) is 28.8 Å². The average Bonchev–Trinajstić information content (AvgIpc) is 2.80. The van der Waals surface area contributed by atoms with Gasteiger partial charge < -0.3 is 10.2 Å². The van der Waals surface area contributed by atoms with Crippen LogP contribution in [-0.4, -0.2) is 37.0 Å². The van der Waals surface area contributed by atoms with E-state index in [0.29, 0.717) is 6.04 Å². The monoisotopic (exact) mass is 232 g/mol. The largest absolute Gasteiger partial charge is 0.340 e. The summed E-state index contributed by atoms with van der Waals surface area (Å²) in [4.78, 5) is 14.0. The van der Waals surface area contributed by atoms with Crippen LogP contribution >= 0.6 is 0 Å². The van der Waals surface area contributed by atoms with Gasteiger partial charge in [-0.1, -0.05) is 17.7 Å². The zero-order valence-electron chi connectivity index (χ0n) is 10.6. The van der Waals surface area contributed by atoms with Crippen molar-refractivity contribution in [3.63, 3.8) is 0 Å². The Hall–Kier alpha value is -1.35. The second kappa shape index (κ2) is 5.32. The Bertz CT molecular complexity index is 397. The predicted molar refractivity (Wildman–Crippen MR) is 69.2 cm³/mol. The SMILES string of the molecule is Cc1cccc(C(=O)N(C)CC2CCCN2)c1. The number of carbonyl (C=O) groups excluding carboxylic acids is 1. The molecule has 0 radical (unpaired) electrons. The Balaban J connectivity index is 1.98. The highest BCUT2D eigenvalue weighted by Gasteiger charge is 2.19. The maximum Gasteiger partial charge on any atom is 0.253 e. The Labute approximate surface area is 103 Å². The van der Waals surface area contributed by atoms with E-state index in [1.54, 1.807) is 0 Å². The fourth-order valence-corrected chi connectivity index (χ4v) is 2.32. The predicted octanol–water partition coefficient (Wildman–Crippen LogP) is 1.82. The van der Waals surface area contributed by atoms with Crippen molar-refractivity contribution in [3.05, 3.63) is 35.4 Å². The van der Waals surface area contributed by atoms with Crippen LogP contribution in [0.3, 0.4) is 0 Å². The van der Waals surface area contributed by atoms with Crippen molar-refractivity contribution in [2.24, 2.45) is 0 Å². The molecule has 1 N–H and O–H groups in total. The van der Waals surface area contributed by atoms with Gasteiger partial charge in [0, 0.05) is 25.2 Å². The van der Waals surface area contributed by atoms with Gasteiger partial charge >= 0.3 is 0 Å². The van der Waals surface area contributed by atoms with E-state index in [4.69, 9.17) is 0 Å². The Morgan fingerprint density at radius 2 is 2.35 bits per heavy atom. The van der Waals surface area contributed by atoms with Gasteiger partial charge in [-0.2, -0.15) is 0 Å². The topological polar surface area (TPSA) is 32.3 Å². The molecule has 0 spiro atoms. The summed E-state index contributed by atoms with van der Waals surface area (Å²) < 4.78 is 0. The van der Waals surface area contributed by atoms with Crippen molar-refractivity contribution in [3.8, 4) is 0 Å². The fraction of sp³-hybridized carbons (Fsp3) is 0.500. The number of benzene rings is 1. The Kier molecular flexibility index (Phi) is 3.79. The number of hydrogen-bond acceptors (Lipinski definition) is 2. The van der Waals surface area contributed by atoms with Crippen molar-refractivity contribution >= 4 is 5.91 Å². The summed E-state index contributed by atoms with van der Waals surface area (Å²) in [5, 5.41) is 3.41. The highest BCUT2D eigenvalue weighted by molar-refractivity contribution is 5.94. The van der Waals surface area contributed by atoms with E-state index in [-0.39, 0.29) is 5.91 Å². The normalized spacial score (nSPS) is 19.3. The van der Waals surface area contributed by atoms with E-state index in [1.165, 1.54) is 12.8 Å². The van der Waals surface area contributed by atoms with Gasteiger partial charge in [-0.15, -0.1) is 0 Å². The van der Waals surface area contributed by atoms with Crippen LogP contribution in [0.15, 0.2) is 24.3 Å². The second-order valence-electron chi connectivity index (χ2n) is 4.85. The van der Waals surface area contributed by atoms with Crippen molar-refractivity contribution in [2.75, 3.05) is 20.1 Å². The number of likely N-dealkylation sites (N-methyl/N-ethyl adjacent to an activating group) is 1. The van der Waals surface area contributed by atoms with Crippen LogP contribution in [0.2, 0.25) is 0 Å². The lowest BCUT2D eigenvalue weighted by Crippen LogP contribution is -2.38. The average molecular weight is 232 g/mol. The maximum absolute atomic E-state index is 12.2. The molecule has 0 aliphatic carbocycles. The van der Waals surface area contributed by atoms with E-state index < -0.39 is 0 Å². The molecule has 0 bridgehead atoms. The molecule has 1 unspecified atom stereocenters. The summed E-state index contributed by atoms with van der Waals surface area (Å²) in [6, 6.07) is 8.24. The van der Waals surface area contributed by atoms with E-state index in [0.717, 1.165) is 24.2 Å². The smallest absolute Gasteiger partial charge is 0.253 e. The lowest BCUT2D eigenvalue weighted by molar-refractivity contribution is 0.0783. The van der Waals surface area contributed by atoms with Gasteiger partial charge in [0.1, 0.15) is 0 Å². The first-order valence-corrected chi connectivity index (χ1v) is 6.22. The molecular weight excluding hydrogens is 212 g/mol. The second-order valence-corrected chi connectivity index (χ2v) is 4.85. The number of nitrogens with one attached hydrogen (secondary N) is 1. The summed E-state index contributed by atoms with van der Waals surface area (Å²) >= 11 is 0. The lowest BCUT2D eigenvalue weighted by Gasteiger charge is -2.21. The number of rotatable bonds is 3. The third-order valence-corrected chi connectivity index (χ3v) is 3.27. The molecular formula is C14H20N2O. The molecule has 1 aromatic carbocycles. The van der Waals surface area contributed by atoms with Crippen molar-refractivity contribution in [1.82, 2.24) is 10.2 Å². The molecule has 1 heterocycles. The summed E-state index contributed by atoms with van der Waals surface area (Å²) in [7, 11) is 1.88. The first-order chi connectivity index (χ1) is 8.16. The fourth-order valence-electron chi connectivity index (χ4n) is 2.32. The van der Waals surface area contributed by atoms with E-state index >= 15 is 0 Å². The minimum atomic E-state index is 0.113. The molecule has 1 amide bonds. The van der Waals surface area contributed by atoms with Crippen molar-refractivity contribution < 1.29 is 4.79 Å². The molecule has 1 fully saturated rings. The number of amides is 1. The van der Waals surface area contributed by atoms with Crippen LogP contribution < -0.4 is 5.32 Å². The number of aryl methyl sites for hydroxylation is 1. The zero-order chi connectivity index (χ0) is 12.3. The molecule has 3 heteroatoms. The van der Waals surface area contributed by atoms with Crippen molar-refractivity contribution in [1.29, 1.82) is 0 Å². The zero-order valence-corrected chi connectivity index (χ0v) is 10.6. The van der Waals surface area contributed by atoms with E-state index in [9.17, 15) is 4.79 Å². The molecule has 92 valence electrons. The molecule has 3 nitrogen and oxygen atoms in total. The van der Waals surface area contributed by atoms with Crippen LogP contribution in [0.25, 0.3) is 0 Å². The number of hydrogen-bond donors (Lipinski definition) is 1. The van der Waals surface area contributed by atoms with Gasteiger partial charge in [0.15, 0.2) is 0 Å². The van der Waals surface area contributed by atoms with Gasteiger partial charge in [0.2, 0.25) is 0 Å². The summed E-state index contributed by atoms with van der Waals surface area (Å²) in [5.41, 5.74) is 1.91. The van der Waals surface area contributed by atoms with Crippen LogP contribution in [-0.2, 0) is 0 Å². The van der Waals surface area contributed by atoms with Gasteiger partial charge in [-0.05, 0) is 38.4 Å². The lowest BCUT2D eigenvalue weighted by atomic mass is 10.1. The maximum atomic E-state index is 12.2. The van der Waals surface area contributed by atoms with Gasteiger partial charge in [0.25, 0.3) is 5.91 Å². The van der Waals surface area contributed by atoms with E-state index in [1.807, 2.05) is 43.1 Å². The minimum Gasteiger partial charge on any atom is -0.340 e.